The van der Waals surface area contributed by atoms with Gasteiger partial charge in [-0.25, -0.2) is 0 Å². The van der Waals surface area contributed by atoms with Crippen LogP contribution in [-0.2, 0) is 4.79 Å². The van der Waals surface area contributed by atoms with Gasteiger partial charge in [-0.15, -0.1) is 12.4 Å². The lowest BCUT2D eigenvalue weighted by Crippen LogP contribution is -2.43. The van der Waals surface area contributed by atoms with Crippen LogP contribution >= 0.6 is 12.4 Å². The summed E-state index contributed by atoms with van der Waals surface area (Å²) < 4.78 is 0. The van der Waals surface area contributed by atoms with E-state index in [9.17, 15) is 4.79 Å². The molecular formula is C13H25ClN2O. The van der Waals surface area contributed by atoms with Crippen LogP contribution in [0.3, 0.4) is 0 Å². The van der Waals surface area contributed by atoms with E-state index in [0.29, 0.717) is 5.92 Å². The van der Waals surface area contributed by atoms with Gasteiger partial charge in [0, 0.05) is 6.54 Å². The first kappa shape index (κ1) is 14.8. The first-order valence-electron chi connectivity index (χ1n) is 6.78. The molecule has 100 valence electrons. The molecule has 1 heterocycles. The lowest BCUT2D eigenvalue weighted by molar-refractivity contribution is -0.123. The standard InChI is InChI=1S/C13H24N2O.ClH/c1-10-5-2-3-6-11(10)9-15-13(16)12-7-4-8-14-12;/h10-12,14H,2-9H2,1H3,(H,15,16);1H/t10?,11?,12-;/m0./s1. The zero-order chi connectivity index (χ0) is 11.4. The minimum Gasteiger partial charge on any atom is -0.354 e. The second kappa shape index (κ2) is 7.22. The summed E-state index contributed by atoms with van der Waals surface area (Å²) in [4.78, 5) is 11.8. The average molecular weight is 261 g/mol. The molecule has 0 aromatic rings. The normalized spacial score (nSPS) is 32.9. The van der Waals surface area contributed by atoms with Crippen LogP contribution in [0.2, 0.25) is 0 Å². The van der Waals surface area contributed by atoms with E-state index in [2.05, 4.69) is 17.6 Å². The number of carbonyl (C=O) groups is 1. The van der Waals surface area contributed by atoms with Gasteiger partial charge in [0.05, 0.1) is 6.04 Å². The van der Waals surface area contributed by atoms with Crippen LogP contribution in [-0.4, -0.2) is 25.0 Å². The maximum absolute atomic E-state index is 11.8. The number of halogens is 1. The minimum absolute atomic E-state index is 0. The van der Waals surface area contributed by atoms with Gasteiger partial charge in [-0.2, -0.15) is 0 Å². The fraction of sp³-hybridized carbons (Fsp3) is 0.923. The van der Waals surface area contributed by atoms with Crippen molar-refractivity contribution in [1.29, 1.82) is 0 Å². The molecule has 2 rings (SSSR count). The van der Waals surface area contributed by atoms with Crippen molar-refractivity contribution in [3.8, 4) is 0 Å². The van der Waals surface area contributed by atoms with E-state index in [0.717, 1.165) is 31.8 Å². The van der Waals surface area contributed by atoms with Gasteiger partial charge >= 0.3 is 0 Å². The summed E-state index contributed by atoms with van der Waals surface area (Å²) >= 11 is 0. The monoisotopic (exact) mass is 260 g/mol. The molecule has 1 aliphatic heterocycles. The SMILES string of the molecule is CC1CCCCC1CNC(=O)[C@@H]1CCCN1.Cl. The van der Waals surface area contributed by atoms with Crippen LogP contribution in [0.1, 0.15) is 45.4 Å². The molecule has 0 spiro atoms. The van der Waals surface area contributed by atoms with E-state index in [4.69, 9.17) is 0 Å². The smallest absolute Gasteiger partial charge is 0.237 e. The predicted octanol–water partition coefficient (Wildman–Crippen LogP) is 2.10. The predicted molar refractivity (Wildman–Crippen MR) is 72.4 cm³/mol. The highest BCUT2D eigenvalue weighted by Crippen LogP contribution is 2.28. The third-order valence-corrected chi connectivity index (χ3v) is 4.20. The molecule has 0 aromatic carbocycles. The quantitative estimate of drug-likeness (QED) is 0.816. The van der Waals surface area contributed by atoms with Gasteiger partial charge in [0.1, 0.15) is 0 Å². The number of hydrogen-bond acceptors (Lipinski definition) is 2. The Hall–Kier alpha value is -0.280. The molecule has 2 fully saturated rings. The third kappa shape index (κ3) is 4.14. The molecule has 1 saturated carbocycles. The van der Waals surface area contributed by atoms with Crippen molar-refractivity contribution < 1.29 is 4.79 Å². The lowest BCUT2D eigenvalue weighted by atomic mass is 9.80. The van der Waals surface area contributed by atoms with Gasteiger partial charge in [-0.1, -0.05) is 26.2 Å². The average Bonchev–Trinajstić information content (AvgIpc) is 2.81. The fourth-order valence-electron chi connectivity index (χ4n) is 2.96. The zero-order valence-corrected chi connectivity index (χ0v) is 11.5. The van der Waals surface area contributed by atoms with Crippen molar-refractivity contribution in [1.82, 2.24) is 10.6 Å². The highest BCUT2D eigenvalue weighted by molar-refractivity contribution is 5.85. The first-order valence-corrected chi connectivity index (χ1v) is 6.78. The summed E-state index contributed by atoms with van der Waals surface area (Å²) in [7, 11) is 0. The van der Waals surface area contributed by atoms with E-state index < -0.39 is 0 Å². The molecule has 2 unspecified atom stereocenters. The fourth-order valence-corrected chi connectivity index (χ4v) is 2.96. The van der Waals surface area contributed by atoms with E-state index in [-0.39, 0.29) is 24.4 Å². The molecule has 1 aliphatic carbocycles. The minimum atomic E-state index is 0. The molecular weight excluding hydrogens is 236 g/mol. The Bertz CT molecular complexity index is 242. The Balaban J connectivity index is 0.00000144. The molecule has 1 saturated heterocycles. The van der Waals surface area contributed by atoms with Crippen molar-refractivity contribution in [2.45, 2.75) is 51.5 Å². The number of rotatable bonds is 3. The molecule has 4 heteroatoms. The summed E-state index contributed by atoms with van der Waals surface area (Å²) in [6.07, 6.45) is 7.48. The molecule has 3 nitrogen and oxygen atoms in total. The largest absolute Gasteiger partial charge is 0.354 e. The van der Waals surface area contributed by atoms with Crippen LogP contribution in [0.25, 0.3) is 0 Å². The number of hydrogen-bond donors (Lipinski definition) is 2. The molecule has 0 aromatic heterocycles. The topological polar surface area (TPSA) is 41.1 Å². The van der Waals surface area contributed by atoms with Gasteiger partial charge in [-0.3, -0.25) is 4.79 Å². The summed E-state index contributed by atoms with van der Waals surface area (Å²) in [6, 6.07) is 0.0823. The van der Waals surface area contributed by atoms with Crippen molar-refractivity contribution in [3.05, 3.63) is 0 Å². The van der Waals surface area contributed by atoms with Gasteiger partial charge < -0.3 is 10.6 Å². The molecule has 3 atom stereocenters. The van der Waals surface area contributed by atoms with E-state index in [1.54, 1.807) is 0 Å². The summed E-state index contributed by atoms with van der Waals surface area (Å²) in [5.74, 6) is 1.71. The Morgan fingerprint density at radius 1 is 1.24 bits per heavy atom. The van der Waals surface area contributed by atoms with Gasteiger partial charge in [-0.05, 0) is 37.6 Å². The molecule has 0 bridgehead atoms. The van der Waals surface area contributed by atoms with Crippen molar-refractivity contribution in [2.24, 2.45) is 11.8 Å². The van der Waals surface area contributed by atoms with Gasteiger partial charge in [0.2, 0.25) is 5.91 Å². The molecule has 2 N–H and O–H groups in total. The van der Waals surface area contributed by atoms with Gasteiger partial charge in [0.25, 0.3) is 0 Å². The van der Waals surface area contributed by atoms with E-state index >= 15 is 0 Å². The van der Waals surface area contributed by atoms with Crippen LogP contribution in [0, 0.1) is 11.8 Å². The van der Waals surface area contributed by atoms with Crippen molar-refractivity contribution in [3.63, 3.8) is 0 Å². The van der Waals surface area contributed by atoms with Crippen LogP contribution < -0.4 is 10.6 Å². The van der Waals surface area contributed by atoms with E-state index in [1.807, 2.05) is 0 Å². The Labute approximate surface area is 111 Å². The Morgan fingerprint density at radius 2 is 2.00 bits per heavy atom. The second-order valence-electron chi connectivity index (χ2n) is 5.42. The zero-order valence-electron chi connectivity index (χ0n) is 10.7. The van der Waals surface area contributed by atoms with Crippen LogP contribution in [0.5, 0.6) is 0 Å². The summed E-state index contributed by atoms with van der Waals surface area (Å²) in [5.41, 5.74) is 0. The first-order chi connectivity index (χ1) is 7.77. The van der Waals surface area contributed by atoms with E-state index in [1.165, 1.54) is 25.7 Å². The maximum atomic E-state index is 11.8. The molecule has 0 radical (unpaired) electrons. The lowest BCUT2D eigenvalue weighted by Gasteiger charge is -2.29. The molecule has 2 aliphatic rings. The molecule has 17 heavy (non-hydrogen) atoms. The Morgan fingerprint density at radius 3 is 2.65 bits per heavy atom. The number of nitrogens with one attached hydrogen (secondary N) is 2. The number of amides is 1. The van der Waals surface area contributed by atoms with Crippen molar-refractivity contribution >= 4 is 18.3 Å². The highest BCUT2D eigenvalue weighted by atomic mass is 35.5. The molecule has 1 amide bonds. The summed E-state index contributed by atoms with van der Waals surface area (Å²) in [6.45, 7) is 4.21. The summed E-state index contributed by atoms with van der Waals surface area (Å²) in [5, 5.41) is 6.37. The van der Waals surface area contributed by atoms with Crippen LogP contribution in [0.15, 0.2) is 0 Å². The highest BCUT2D eigenvalue weighted by Gasteiger charge is 2.25. The van der Waals surface area contributed by atoms with Gasteiger partial charge in [0.15, 0.2) is 0 Å². The Kier molecular flexibility index (Phi) is 6.28. The van der Waals surface area contributed by atoms with Crippen molar-refractivity contribution in [2.75, 3.05) is 13.1 Å². The third-order valence-electron chi connectivity index (χ3n) is 4.20. The maximum Gasteiger partial charge on any atom is 0.237 e. The van der Waals surface area contributed by atoms with Crippen LogP contribution in [0.4, 0.5) is 0 Å². The number of carbonyl (C=O) groups excluding carboxylic acids is 1. The second-order valence-corrected chi connectivity index (χ2v) is 5.42.